The molecule has 150 valence electrons. The van der Waals surface area contributed by atoms with Gasteiger partial charge < -0.3 is 14.2 Å². The molecule has 0 bridgehead atoms. The minimum atomic E-state index is -0.472. The van der Waals surface area contributed by atoms with Crippen LogP contribution in [0.25, 0.3) is 0 Å². The molecule has 0 fully saturated rings. The molecule has 0 aliphatic heterocycles. The van der Waals surface area contributed by atoms with Crippen LogP contribution >= 0.6 is 0 Å². The van der Waals surface area contributed by atoms with Crippen LogP contribution in [-0.4, -0.2) is 18.5 Å². The van der Waals surface area contributed by atoms with Crippen LogP contribution in [0.2, 0.25) is 0 Å². The van der Waals surface area contributed by atoms with Crippen molar-refractivity contribution in [2.24, 2.45) is 0 Å². The van der Waals surface area contributed by atoms with Crippen LogP contribution in [0.1, 0.15) is 62.7 Å². The Morgan fingerprint density at radius 1 is 0.714 bits per heavy atom. The Morgan fingerprint density at radius 2 is 1.29 bits per heavy atom. The zero-order valence-corrected chi connectivity index (χ0v) is 16.6. The summed E-state index contributed by atoms with van der Waals surface area (Å²) in [4.78, 5) is 23.9. The first kappa shape index (κ1) is 21.5. The summed E-state index contributed by atoms with van der Waals surface area (Å²) >= 11 is 0. The molecule has 5 heteroatoms. The number of esters is 2. The van der Waals surface area contributed by atoms with E-state index in [1.807, 2.05) is 6.92 Å². The fourth-order valence-electron chi connectivity index (χ4n) is 2.47. The summed E-state index contributed by atoms with van der Waals surface area (Å²) in [5.41, 5.74) is 0.383. The molecule has 0 atom stereocenters. The maximum Gasteiger partial charge on any atom is 0.343 e. The largest absolute Gasteiger partial charge is 0.494 e. The van der Waals surface area contributed by atoms with Gasteiger partial charge in [0.05, 0.1) is 12.2 Å². The highest BCUT2D eigenvalue weighted by atomic mass is 16.5. The second kappa shape index (κ2) is 11.8. The standard InChI is InChI=1S/C23H28O5/c1-3-5-7-17-26-19-13-15-21(16-14-19)28-23(25)18-9-11-20(12-10-18)27-22(24)8-6-4-2/h9-16H,3-8,17H2,1-2H3. The zero-order chi connectivity index (χ0) is 20.2. The quantitative estimate of drug-likeness (QED) is 0.288. The van der Waals surface area contributed by atoms with Crippen molar-refractivity contribution in [1.29, 1.82) is 0 Å². The maximum atomic E-state index is 12.3. The third-order valence-electron chi connectivity index (χ3n) is 4.11. The molecular formula is C23H28O5. The summed E-state index contributed by atoms with van der Waals surface area (Å²) in [5.74, 6) is 0.878. The third kappa shape index (κ3) is 7.43. The van der Waals surface area contributed by atoms with Gasteiger partial charge in [-0.1, -0.05) is 33.1 Å². The van der Waals surface area contributed by atoms with Crippen molar-refractivity contribution in [2.45, 2.75) is 52.4 Å². The minimum Gasteiger partial charge on any atom is -0.494 e. The number of hydrogen-bond donors (Lipinski definition) is 0. The second-order valence-corrected chi connectivity index (χ2v) is 6.52. The molecule has 0 aromatic heterocycles. The van der Waals surface area contributed by atoms with Gasteiger partial charge in [0.1, 0.15) is 17.2 Å². The molecule has 0 aliphatic rings. The first-order chi connectivity index (χ1) is 13.6. The summed E-state index contributed by atoms with van der Waals surface area (Å²) in [6, 6.07) is 13.3. The van der Waals surface area contributed by atoms with Gasteiger partial charge in [-0.05, 0) is 61.4 Å². The molecule has 28 heavy (non-hydrogen) atoms. The summed E-state index contributed by atoms with van der Waals surface area (Å²) in [6.45, 7) is 4.85. The Morgan fingerprint density at radius 3 is 1.93 bits per heavy atom. The van der Waals surface area contributed by atoms with Crippen LogP contribution in [-0.2, 0) is 4.79 Å². The van der Waals surface area contributed by atoms with Crippen LogP contribution in [0, 0.1) is 0 Å². The molecule has 0 saturated heterocycles. The Hall–Kier alpha value is -2.82. The highest BCUT2D eigenvalue weighted by Crippen LogP contribution is 2.20. The normalized spacial score (nSPS) is 10.4. The number of rotatable bonds is 11. The number of carbonyl (C=O) groups is 2. The van der Waals surface area contributed by atoms with E-state index in [1.54, 1.807) is 48.5 Å². The zero-order valence-electron chi connectivity index (χ0n) is 16.6. The fraction of sp³-hybridized carbons (Fsp3) is 0.391. The van der Waals surface area contributed by atoms with Crippen molar-refractivity contribution in [3.05, 3.63) is 54.1 Å². The lowest BCUT2D eigenvalue weighted by Crippen LogP contribution is -2.10. The van der Waals surface area contributed by atoms with Crippen LogP contribution in [0.3, 0.4) is 0 Å². The SMILES string of the molecule is CCCCCOc1ccc(OC(=O)c2ccc(OC(=O)CCCC)cc2)cc1. The molecule has 0 radical (unpaired) electrons. The molecular weight excluding hydrogens is 356 g/mol. The predicted molar refractivity (Wildman–Crippen MR) is 108 cm³/mol. The molecule has 2 aromatic rings. The van der Waals surface area contributed by atoms with E-state index in [9.17, 15) is 9.59 Å². The van der Waals surface area contributed by atoms with Crippen molar-refractivity contribution in [2.75, 3.05) is 6.61 Å². The van der Waals surface area contributed by atoms with Gasteiger partial charge in [0, 0.05) is 6.42 Å². The fourth-order valence-corrected chi connectivity index (χ4v) is 2.47. The van der Waals surface area contributed by atoms with Crippen molar-refractivity contribution >= 4 is 11.9 Å². The third-order valence-corrected chi connectivity index (χ3v) is 4.11. The van der Waals surface area contributed by atoms with E-state index in [2.05, 4.69) is 6.92 Å². The van der Waals surface area contributed by atoms with E-state index in [4.69, 9.17) is 14.2 Å². The Balaban J connectivity index is 1.84. The minimum absolute atomic E-state index is 0.269. The van der Waals surface area contributed by atoms with Gasteiger partial charge >= 0.3 is 11.9 Å². The van der Waals surface area contributed by atoms with Gasteiger partial charge in [0.25, 0.3) is 0 Å². The first-order valence-corrected chi connectivity index (χ1v) is 9.88. The summed E-state index contributed by atoms with van der Waals surface area (Å²) in [6.07, 6.45) is 5.44. The van der Waals surface area contributed by atoms with Crippen molar-refractivity contribution in [3.63, 3.8) is 0 Å². The summed E-state index contributed by atoms with van der Waals surface area (Å²) < 4.78 is 16.2. The lowest BCUT2D eigenvalue weighted by molar-refractivity contribution is -0.134. The van der Waals surface area contributed by atoms with Crippen LogP contribution in [0.5, 0.6) is 17.2 Å². The van der Waals surface area contributed by atoms with E-state index in [1.165, 1.54) is 0 Å². The van der Waals surface area contributed by atoms with Gasteiger partial charge in [-0.15, -0.1) is 0 Å². The molecule has 2 rings (SSSR count). The number of carbonyl (C=O) groups excluding carboxylic acids is 2. The lowest BCUT2D eigenvalue weighted by Gasteiger charge is -2.08. The molecule has 0 aliphatic carbocycles. The highest BCUT2D eigenvalue weighted by molar-refractivity contribution is 5.91. The van der Waals surface area contributed by atoms with E-state index in [-0.39, 0.29) is 5.97 Å². The molecule has 0 amide bonds. The number of ether oxygens (including phenoxy) is 3. The van der Waals surface area contributed by atoms with Gasteiger partial charge in [0.2, 0.25) is 0 Å². The molecule has 0 saturated carbocycles. The van der Waals surface area contributed by atoms with E-state index in [0.29, 0.717) is 30.1 Å². The molecule has 0 unspecified atom stereocenters. The predicted octanol–water partition coefficient (Wildman–Crippen LogP) is 5.57. The summed E-state index contributed by atoms with van der Waals surface area (Å²) in [7, 11) is 0. The van der Waals surface area contributed by atoms with E-state index >= 15 is 0 Å². The van der Waals surface area contributed by atoms with Crippen LogP contribution < -0.4 is 14.2 Å². The van der Waals surface area contributed by atoms with Gasteiger partial charge in [-0.25, -0.2) is 4.79 Å². The monoisotopic (exact) mass is 384 g/mol. The maximum absolute atomic E-state index is 12.3. The van der Waals surface area contributed by atoms with Gasteiger partial charge in [-0.3, -0.25) is 4.79 Å². The molecule has 5 nitrogen and oxygen atoms in total. The number of hydrogen-bond acceptors (Lipinski definition) is 5. The van der Waals surface area contributed by atoms with Gasteiger partial charge in [0.15, 0.2) is 0 Å². The average Bonchev–Trinajstić information content (AvgIpc) is 2.71. The number of unbranched alkanes of at least 4 members (excludes halogenated alkanes) is 3. The Kier molecular flexibility index (Phi) is 9.05. The van der Waals surface area contributed by atoms with Crippen LogP contribution in [0.15, 0.2) is 48.5 Å². The van der Waals surface area contributed by atoms with Crippen molar-refractivity contribution in [1.82, 2.24) is 0 Å². The average molecular weight is 384 g/mol. The Bertz CT molecular complexity index is 735. The molecule has 0 heterocycles. The lowest BCUT2D eigenvalue weighted by atomic mass is 10.2. The van der Waals surface area contributed by atoms with E-state index in [0.717, 1.165) is 37.9 Å². The molecule has 0 N–H and O–H groups in total. The van der Waals surface area contributed by atoms with Crippen LogP contribution in [0.4, 0.5) is 0 Å². The molecule has 0 spiro atoms. The van der Waals surface area contributed by atoms with Gasteiger partial charge in [-0.2, -0.15) is 0 Å². The summed E-state index contributed by atoms with van der Waals surface area (Å²) in [5, 5.41) is 0. The van der Waals surface area contributed by atoms with Crippen molar-refractivity contribution in [3.8, 4) is 17.2 Å². The number of benzene rings is 2. The Labute approximate surface area is 166 Å². The highest BCUT2D eigenvalue weighted by Gasteiger charge is 2.10. The smallest absolute Gasteiger partial charge is 0.343 e. The van der Waals surface area contributed by atoms with Crippen molar-refractivity contribution < 1.29 is 23.8 Å². The van der Waals surface area contributed by atoms with E-state index < -0.39 is 5.97 Å². The topological polar surface area (TPSA) is 61.8 Å². The second-order valence-electron chi connectivity index (χ2n) is 6.52. The molecule has 2 aromatic carbocycles. The first-order valence-electron chi connectivity index (χ1n) is 9.88.